The zero-order valence-electron chi connectivity index (χ0n) is 11.9. The molecule has 0 aromatic carbocycles. The van der Waals surface area contributed by atoms with Crippen molar-refractivity contribution in [2.75, 3.05) is 24.6 Å². The van der Waals surface area contributed by atoms with Crippen molar-refractivity contribution in [1.29, 1.82) is 0 Å². The Balaban J connectivity index is 2.40. The van der Waals surface area contributed by atoms with Crippen molar-refractivity contribution in [3.63, 3.8) is 0 Å². The Hall–Kier alpha value is -1.83. The number of hydrogen-bond acceptors (Lipinski definition) is 6. The van der Waals surface area contributed by atoms with Crippen LogP contribution in [0.4, 0.5) is 10.9 Å². The molecule has 0 saturated heterocycles. The Kier molecular flexibility index (Phi) is 6.23. The molecule has 20 heavy (non-hydrogen) atoms. The van der Waals surface area contributed by atoms with Gasteiger partial charge in [0.2, 0.25) is 5.91 Å². The lowest BCUT2D eigenvalue weighted by atomic mass is 10.2. The highest BCUT2D eigenvalue weighted by Crippen LogP contribution is 2.23. The summed E-state index contributed by atoms with van der Waals surface area (Å²) in [5.41, 5.74) is 5.65. The number of amides is 2. The van der Waals surface area contributed by atoms with E-state index < -0.39 is 0 Å². The monoisotopic (exact) mass is 299 g/mol. The van der Waals surface area contributed by atoms with Gasteiger partial charge in [-0.2, -0.15) is 0 Å². The highest BCUT2D eigenvalue weighted by Gasteiger charge is 2.15. The number of thiazole rings is 1. The van der Waals surface area contributed by atoms with Crippen molar-refractivity contribution in [2.24, 2.45) is 0 Å². The molecule has 1 heterocycles. The summed E-state index contributed by atoms with van der Waals surface area (Å²) < 4.78 is 0. The van der Waals surface area contributed by atoms with Crippen molar-refractivity contribution < 1.29 is 9.59 Å². The summed E-state index contributed by atoms with van der Waals surface area (Å²) in [6.45, 7) is 4.21. The maximum atomic E-state index is 11.9. The zero-order valence-corrected chi connectivity index (χ0v) is 12.8. The normalized spacial score (nSPS) is 11.8. The first-order chi connectivity index (χ1) is 9.47. The van der Waals surface area contributed by atoms with Gasteiger partial charge < -0.3 is 21.7 Å². The third-order valence-electron chi connectivity index (χ3n) is 2.73. The molecule has 0 aliphatic rings. The molecule has 2 amide bonds. The molecule has 0 spiro atoms. The fraction of sp³-hybridized carbons (Fsp3) is 0.583. The van der Waals surface area contributed by atoms with E-state index in [0.29, 0.717) is 10.0 Å². The molecule has 0 radical (unpaired) electrons. The molecule has 112 valence electrons. The van der Waals surface area contributed by atoms with Gasteiger partial charge in [-0.05, 0) is 13.3 Å². The number of rotatable bonds is 7. The molecule has 1 rings (SSSR count). The lowest BCUT2D eigenvalue weighted by molar-refractivity contribution is -0.121. The summed E-state index contributed by atoms with van der Waals surface area (Å²) in [6.07, 6.45) is 1.12. The van der Waals surface area contributed by atoms with Crippen molar-refractivity contribution >= 4 is 34.1 Å². The van der Waals surface area contributed by atoms with Gasteiger partial charge in [0.25, 0.3) is 5.91 Å². The molecule has 7 nitrogen and oxygen atoms in total. The summed E-state index contributed by atoms with van der Waals surface area (Å²) in [4.78, 5) is 27.8. The lowest BCUT2D eigenvalue weighted by Crippen LogP contribution is -2.35. The smallest absolute Gasteiger partial charge is 0.265 e. The van der Waals surface area contributed by atoms with E-state index in [9.17, 15) is 9.59 Å². The van der Waals surface area contributed by atoms with Gasteiger partial charge in [0.05, 0.1) is 0 Å². The highest BCUT2D eigenvalue weighted by molar-refractivity contribution is 7.18. The van der Waals surface area contributed by atoms with Gasteiger partial charge in [0.1, 0.15) is 10.7 Å². The van der Waals surface area contributed by atoms with Crippen LogP contribution in [0.25, 0.3) is 0 Å². The third kappa shape index (κ3) is 4.69. The Morgan fingerprint density at radius 2 is 2.15 bits per heavy atom. The Morgan fingerprint density at radius 1 is 1.45 bits per heavy atom. The van der Waals surface area contributed by atoms with Crippen LogP contribution in [0.2, 0.25) is 0 Å². The number of nitrogen functional groups attached to an aromatic ring is 1. The number of nitrogens with two attached hydrogens (primary N) is 1. The fourth-order valence-electron chi connectivity index (χ4n) is 1.42. The number of nitrogens with one attached hydrogen (secondary N) is 3. The number of hydrogen-bond donors (Lipinski definition) is 4. The van der Waals surface area contributed by atoms with E-state index >= 15 is 0 Å². The summed E-state index contributed by atoms with van der Waals surface area (Å²) in [7, 11) is 1.71. The second kappa shape index (κ2) is 7.68. The summed E-state index contributed by atoms with van der Waals surface area (Å²) in [6, 6.07) is 0.147. The average molecular weight is 299 g/mol. The standard InChI is InChI=1S/C12H21N5O2S/c1-4-7(2)16-8(18)5-6-15-11(19)9-10(13)17-12(14-3)20-9/h7H,4-6,13H2,1-3H3,(H,14,17)(H,15,19)(H,16,18). The summed E-state index contributed by atoms with van der Waals surface area (Å²) in [5, 5.41) is 8.91. The van der Waals surface area contributed by atoms with Crippen molar-refractivity contribution in [1.82, 2.24) is 15.6 Å². The maximum Gasteiger partial charge on any atom is 0.265 e. The first-order valence-electron chi connectivity index (χ1n) is 6.49. The molecule has 5 N–H and O–H groups in total. The van der Waals surface area contributed by atoms with Crippen LogP contribution in [0.1, 0.15) is 36.4 Å². The molecule has 8 heteroatoms. The molecule has 0 aliphatic carbocycles. The van der Waals surface area contributed by atoms with Gasteiger partial charge in [0.15, 0.2) is 5.13 Å². The minimum absolute atomic E-state index is 0.0761. The van der Waals surface area contributed by atoms with E-state index in [1.165, 1.54) is 11.3 Å². The second-order valence-corrected chi connectivity index (χ2v) is 5.37. The first kappa shape index (κ1) is 16.2. The molecule has 0 aliphatic heterocycles. The molecule has 0 bridgehead atoms. The number of nitrogens with zero attached hydrogens (tertiary/aromatic N) is 1. The van der Waals surface area contributed by atoms with Crippen LogP contribution < -0.4 is 21.7 Å². The minimum atomic E-state index is -0.308. The topological polar surface area (TPSA) is 109 Å². The van der Waals surface area contributed by atoms with Gasteiger partial charge in [-0.1, -0.05) is 18.3 Å². The van der Waals surface area contributed by atoms with Crippen LogP contribution >= 0.6 is 11.3 Å². The van der Waals surface area contributed by atoms with Crippen LogP contribution in [0.5, 0.6) is 0 Å². The first-order valence-corrected chi connectivity index (χ1v) is 7.31. The molecule has 0 fully saturated rings. The molecule has 0 saturated carbocycles. The predicted octanol–water partition coefficient (Wildman–Crippen LogP) is 0.802. The van der Waals surface area contributed by atoms with Crippen LogP contribution in [-0.2, 0) is 4.79 Å². The summed E-state index contributed by atoms with van der Waals surface area (Å²) in [5.74, 6) is -0.188. The number of aromatic nitrogens is 1. The quantitative estimate of drug-likeness (QED) is 0.595. The number of carbonyl (C=O) groups excluding carboxylic acids is 2. The van der Waals surface area contributed by atoms with Gasteiger partial charge in [-0.15, -0.1) is 0 Å². The van der Waals surface area contributed by atoms with Crippen molar-refractivity contribution in [3.8, 4) is 0 Å². The predicted molar refractivity (Wildman–Crippen MR) is 80.9 cm³/mol. The Labute approximate surface area is 122 Å². The second-order valence-electron chi connectivity index (χ2n) is 4.37. The summed E-state index contributed by atoms with van der Waals surface area (Å²) >= 11 is 1.18. The molecular weight excluding hydrogens is 278 g/mol. The number of carbonyl (C=O) groups is 2. The maximum absolute atomic E-state index is 11.9. The SMILES string of the molecule is CCC(C)NC(=O)CCNC(=O)c1sc(NC)nc1N. The molecule has 1 unspecified atom stereocenters. The van der Waals surface area contributed by atoms with E-state index in [2.05, 4.69) is 20.9 Å². The largest absolute Gasteiger partial charge is 0.382 e. The van der Waals surface area contributed by atoms with Gasteiger partial charge in [-0.25, -0.2) is 4.98 Å². The zero-order chi connectivity index (χ0) is 15.1. The van der Waals surface area contributed by atoms with Crippen LogP contribution in [0.3, 0.4) is 0 Å². The van der Waals surface area contributed by atoms with E-state index in [4.69, 9.17) is 5.73 Å². The highest BCUT2D eigenvalue weighted by atomic mass is 32.1. The van der Waals surface area contributed by atoms with Crippen LogP contribution in [0, 0.1) is 0 Å². The van der Waals surface area contributed by atoms with Gasteiger partial charge in [-0.3, -0.25) is 9.59 Å². The molecule has 1 aromatic heterocycles. The fourth-order valence-corrected chi connectivity index (χ4v) is 2.17. The van der Waals surface area contributed by atoms with Crippen LogP contribution in [0.15, 0.2) is 0 Å². The van der Waals surface area contributed by atoms with Gasteiger partial charge >= 0.3 is 0 Å². The van der Waals surface area contributed by atoms with Crippen LogP contribution in [-0.4, -0.2) is 36.4 Å². The molecular formula is C12H21N5O2S. The minimum Gasteiger partial charge on any atom is -0.382 e. The van der Waals surface area contributed by atoms with E-state index in [1.54, 1.807) is 7.05 Å². The van der Waals surface area contributed by atoms with E-state index in [-0.39, 0.29) is 36.6 Å². The van der Waals surface area contributed by atoms with E-state index in [0.717, 1.165) is 6.42 Å². The van der Waals surface area contributed by atoms with Crippen molar-refractivity contribution in [2.45, 2.75) is 32.7 Å². The van der Waals surface area contributed by atoms with Crippen molar-refractivity contribution in [3.05, 3.63) is 4.88 Å². The number of anilines is 2. The molecule has 1 aromatic rings. The van der Waals surface area contributed by atoms with Gasteiger partial charge in [0, 0.05) is 26.1 Å². The molecule has 1 atom stereocenters. The Morgan fingerprint density at radius 3 is 2.70 bits per heavy atom. The average Bonchev–Trinajstić information content (AvgIpc) is 2.79. The van der Waals surface area contributed by atoms with E-state index in [1.807, 2.05) is 13.8 Å². The lowest BCUT2D eigenvalue weighted by Gasteiger charge is -2.11. The Bertz CT molecular complexity index is 474. The third-order valence-corrected chi connectivity index (χ3v) is 3.82.